The van der Waals surface area contributed by atoms with Gasteiger partial charge in [-0.2, -0.15) is 5.10 Å². The molecule has 1 saturated heterocycles. The molecule has 0 unspecified atom stereocenters. The topological polar surface area (TPSA) is 78.4 Å². The lowest BCUT2D eigenvalue weighted by Gasteiger charge is -2.15. The van der Waals surface area contributed by atoms with Gasteiger partial charge < -0.3 is 9.55 Å². The zero-order valence-corrected chi connectivity index (χ0v) is 22.5. The number of hydrogen-bond acceptors (Lipinski definition) is 4. The van der Waals surface area contributed by atoms with E-state index in [9.17, 15) is 0 Å². The minimum Gasteiger partial charge on any atom is -0.352 e. The van der Waals surface area contributed by atoms with E-state index in [1.54, 1.807) is 0 Å². The normalized spacial score (nSPS) is 16.2. The largest absolute Gasteiger partial charge is 0.352 e. The van der Waals surface area contributed by atoms with Crippen LogP contribution >= 0.6 is 0 Å². The van der Waals surface area contributed by atoms with Crippen LogP contribution in [0, 0.1) is 6.92 Å². The maximum absolute atomic E-state index is 4.69. The van der Waals surface area contributed by atoms with Crippen LogP contribution in [0.15, 0.2) is 79.1 Å². The lowest BCUT2D eigenvalue weighted by atomic mass is 10.0. The van der Waals surface area contributed by atoms with Gasteiger partial charge in [-0.15, -0.1) is 0 Å². The molecule has 1 aliphatic rings. The Balaban J connectivity index is 1.54. The molecule has 0 aromatic carbocycles. The number of imidazole rings is 1. The molecule has 4 aromatic heterocycles. The summed E-state index contributed by atoms with van der Waals surface area (Å²) in [6.07, 6.45) is 20.5. The second kappa shape index (κ2) is 11.0. The third kappa shape index (κ3) is 5.10. The Bertz CT molecular complexity index is 1670. The van der Waals surface area contributed by atoms with Crippen molar-refractivity contribution in [1.29, 1.82) is 0 Å². The molecule has 0 bridgehead atoms. The molecule has 4 aromatic rings. The molecule has 0 aliphatic carbocycles. The summed E-state index contributed by atoms with van der Waals surface area (Å²) in [7, 11) is 0. The maximum Gasteiger partial charge on any atom is 0.116 e. The summed E-state index contributed by atoms with van der Waals surface area (Å²) in [6.45, 7) is 17.7. The van der Waals surface area contributed by atoms with Crippen molar-refractivity contribution >= 4 is 23.1 Å². The number of pyridine rings is 1. The van der Waals surface area contributed by atoms with Crippen molar-refractivity contribution in [1.82, 2.24) is 34.6 Å². The average molecular weight is 506 g/mol. The van der Waals surface area contributed by atoms with Gasteiger partial charge in [-0.1, -0.05) is 37.5 Å². The van der Waals surface area contributed by atoms with Crippen molar-refractivity contribution in [3.05, 3.63) is 95.4 Å². The first-order chi connectivity index (χ1) is 18.5. The second-order valence-corrected chi connectivity index (χ2v) is 9.73. The number of nitrogens with zero attached hydrogens (tertiary/aromatic N) is 5. The molecule has 5 rings (SSSR count). The summed E-state index contributed by atoms with van der Waals surface area (Å²) in [4.78, 5) is 14.8. The van der Waals surface area contributed by atoms with Crippen molar-refractivity contribution in [2.45, 2.75) is 33.6 Å². The molecular weight excluding hydrogens is 470 g/mol. The third-order valence-electron chi connectivity index (χ3n) is 7.10. The molecule has 7 heteroatoms. The lowest BCUT2D eigenvalue weighted by Crippen LogP contribution is -2.24. The Morgan fingerprint density at radius 2 is 2.00 bits per heavy atom. The smallest absolute Gasteiger partial charge is 0.116 e. The molecule has 194 valence electrons. The predicted octanol–water partition coefficient (Wildman–Crippen LogP) is 4.74. The van der Waals surface area contributed by atoms with E-state index in [0.29, 0.717) is 0 Å². The highest BCUT2D eigenvalue weighted by Crippen LogP contribution is 2.26. The third-order valence-corrected chi connectivity index (χ3v) is 7.10. The van der Waals surface area contributed by atoms with Crippen molar-refractivity contribution < 1.29 is 0 Å². The summed E-state index contributed by atoms with van der Waals surface area (Å²) in [5, 5.41) is 10.9. The fourth-order valence-corrected chi connectivity index (χ4v) is 5.04. The predicted molar refractivity (Wildman–Crippen MR) is 156 cm³/mol. The summed E-state index contributed by atoms with van der Waals surface area (Å²) in [5.41, 5.74) is 7.81. The molecule has 0 spiro atoms. The molecule has 0 radical (unpaired) electrons. The van der Waals surface area contributed by atoms with Crippen LogP contribution in [0.2, 0.25) is 0 Å². The monoisotopic (exact) mass is 505 g/mol. The van der Waals surface area contributed by atoms with Crippen LogP contribution in [0.4, 0.5) is 0 Å². The first kappa shape index (κ1) is 25.4. The van der Waals surface area contributed by atoms with Crippen LogP contribution in [0.25, 0.3) is 40.1 Å². The highest BCUT2D eigenvalue weighted by molar-refractivity contribution is 5.91. The fraction of sp³-hybridized carbons (Fsp3) is 0.258. The number of aromatic nitrogens is 6. The van der Waals surface area contributed by atoms with Gasteiger partial charge in [0.15, 0.2) is 0 Å². The maximum atomic E-state index is 4.69. The van der Waals surface area contributed by atoms with Gasteiger partial charge in [-0.25, -0.2) is 4.98 Å². The number of allylic oxidation sites excluding steroid dienone is 4. The fourth-order valence-electron chi connectivity index (χ4n) is 5.04. The number of aromatic amines is 2. The average Bonchev–Trinajstić information content (AvgIpc) is 3.73. The van der Waals surface area contributed by atoms with Crippen LogP contribution in [-0.2, 0) is 0 Å². The number of hydrogen-bond donors (Lipinski definition) is 2. The quantitative estimate of drug-likeness (QED) is 0.339. The van der Waals surface area contributed by atoms with Crippen LogP contribution in [0.3, 0.4) is 0 Å². The Morgan fingerprint density at radius 1 is 1.18 bits per heavy atom. The number of nitrogens with one attached hydrogen (secondary N) is 2. The Morgan fingerprint density at radius 3 is 2.68 bits per heavy atom. The van der Waals surface area contributed by atoms with Crippen LogP contribution in [0.5, 0.6) is 0 Å². The lowest BCUT2D eigenvalue weighted by molar-refractivity contribution is 0.371. The summed E-state index contributed by atoms with van der Waals surface area (Å²) >= 11 is 0. The van der Waals surface area contributed by atoms with E-state index < -0.39 is 0 Å². The SMILES string of the molecule is C=C/C(=C\C(=C/C)C(=C)/C=c1/c(-c2cc3c(-n4cnc(C)c4)cncc3[nH]2)n[nH]/c1=C/C)CN1CCCC1. The second-order valence-electron chi connectivity index (χ2n) is 9.73. The number of likely N-dealkylation sites (tertiary alicyclic amines) is 1. The highest BCUT2D eigenvalue weighted by atomic mass is 15.1. The van der Waals surface area contributed by atoms with Gasteiger partial charge in [-0.05, 0) is 75.6 Å². The van der Waals surface area contributed by atoms with Gasteiger partial charge in [0.25, 0.3) is 0 Å². The summed E-state index contributed by atoms with van der Waals surface area (Å²) in [5.74, 6) is 0. The van der Waals surface area contributed by atoms with E-state index in [-0.39, 0.29) is 0 Å². The zero-order chi connectivity index (χ0) is 26.6. The zero-order valence-electron chi connectivity index (χ0n) is 22.5. The van der Waals surface area contributed by atoms with Gasteiger partial charge in [0.1, 0.15) is 5.69 Å². The number of rotatable bonds is 8. The van der Waals surface area contributed by atoms with Gasteiger partial charge in [0.05, 0.1) is 46.7 Å². The molecule has 5 heterocycles. The molecule has 2 N–H and O–H groups in total. The Hall–Kier alpha value is -4.23. The molecule has 1 fully saturated rings. The molecule has 0 amide bonds. The van der Waals surface area contributed by atoms with E-state index in [1.807, 2.05) is 55.5 Å². The van der Waals surface area contributed by atoms with Crippen LogP contribution in [-0.4, -0.2) is 54.3 Å². The number of fused-ring (bicyclic) bond motifs is 1. The van der Waals surface area contributed by atoms with Crippen molar-refractivity contribution in [2.24, 2.45) is 0 Å². The van der Waals surface area contributed by atoms with Crippen molar-refractivity contribution in [2.75, 3.05) is 19.6 Å². The first-order valence-electron chi connectivity index (χ1n) is 13.1. The van der Waals surface area contributed by atoms with Crippen molar-refractivity contribution in [3.63, 3.8) is 0 Å². The standard InChI is InChI=1S/C31H35N7/c1-6-23(19-37-11-9-10-12-37)14-24(7-2)21(4)13-26-27(8-3)35-36-31(26)28-15-25-29(34-28)16-32-17-30(25)38-18-22(5)33-20-38/h6-8,13-18,20,34-35H,1,4,9-12,19H2,2-3,5H3/b23-14+,24-7+,26-13+,27-8+. The van der Waals surface area contributed by atoms with Gasteiger partial charge in [-0.3, -0.25) is 15.0 Å². The van der Waals surface area contributed by atoms with E-state index in [4.69, 9.17) is 0 Å². The first-order valence-corrected chi connectivity index (χ1v) is 13.1. The Labute approximate surface area is 223 Å². The summed E-state index contributed by atoms with van der Waals surface area (Å²) in [6, 6.07) is 2.12. The van der Waals surface area contributed by atoms with E-state index >= 15 is 0 Å². The van der Waals surface area contributed by atoms with Crippen molar-refractivity contribution in [3.8, 4) is 17.1 Å². The van der Waals surface area contributed by atoms with E-state index in [1.165, 1.54) is 18.4 Å². The minimum absolute atomic E-state index is 0.837. The van der Waals surface area contributed by atoms with Gasteiger partial charge in [0.2, 0.25) is 0 Å². The van der Waals surface area contributed by atoms with E-state index in [2.05, 4.69) is 74.4 Å². The van der Waals surface area contributed by atoms with Gasteiger partial charge in [0, 0.05) is 23.3 Å². The molecular formula is C31H35N7. The number of aryl methyl sites for hydroxylation is 1. The van der Waals surface area contributed by atoms with Gasteiger partial charge >= 0.3 is 0 Å². The number of H-pyrrole nitrogens is 2. The molecule has 1 aliphatic heterocycles. The molecule has 0 atom stereocenters. The van der Waals surface area contributed by atoms with Crippen LogP contribution < -0.4 is 10.6 Å². The van der Waals surface area contributed by atoms with E-state index in [0.717, 1.165) is 75.0 Å². The summed E-state index contributed by atoms with van der Waals surface area (Å²) < 4.78 is 2.00. The molecule has 38 heavy (non-hydrogen) atoms. The molecule has 7 nitrogen and oxygen atoms in total. The Kier molecular flexibility index (Phi) is 7.38. The minimum atomic E-state index is 0.837. The van der Waals surface area contributed by atoms with Crippen LogP contribution in [0.1, 0.15) is 32.4 Å². The molecule has 0 saturated carbocycles. The highest BCUT2D eigenvalue weighted by Gasteiger charge is 2.14.